The fraction of sp³-hybridized carbons (Fsp3) is 0.350. The van der Waals surface area contributed by atoms with Crippen LogP contribution in [0.15, 0.2) is 36.5 Å². The molecule has 0 N–H and O–H groups in total. The van der Waals surface area contributed by atoms with Crippen molar-refractivity contribution in [2.24, 2.45) is 11.3 Å². The molecular formula is C20H19N3O. The van der Waals surface area contributed by atoms with E-state index in [0.717, 1.165) is 28.7 Å². The van der Waals surface area contributed by atoms with Gasteiger partial charge < -0.3 is 0 Å². The number of rotatable bonds is 1. The van der Waals surface area contributed by atoms with Gasteiger partial charge in [-0.25, -0.2) is 4.68 Å². The molecule has 2 heterocycles. The van der Waals surface area contributed by atoms with Gasteiger partial charge in [0.2, 0.25) is 0 Å². The minimum atomic E-state index is -0.0378. The third-order valence-corrected chi connectivity index (χ3v) is 6.02. The maximum absolute atomic E-state index is 13.0. The van der Waals surface area contributed by atoms with Gasteiger partial charge in [0.1, 0.15) is 0 Å². The van der Waals surface area contributed by atoms with Crippen molar-refractivity contribution >= 4 is 16.8 Å². The summed E-state index contributed by atoms with van der Waals surface area (Å²) in [5.41, 5.74) is 5.39. The van der Waals surface area contributed by atoms with Crippen molar-refractivity contribution in [3.63, 3.8) is 0 Å². The van der Waals surface area contributed by atoms with E-state index in [9.17, 15) is 4.79 Å². The molecular weight excluding hydrogens is 298 g/mol. The Bertz CT molecular complexity index is 1010. The Kier molecular flexibility index (Phi) is 2.50. The smallest absolute Gasteiger partial charge is 0.267 e. The summed E-state index contributed by atoms with van der Waals surface area (Å²) in [6.07, 6.45) is 2.73. The second-order valence-electron chi connectivity index (χ2n) is 7.68. The molecule has 1 fully saturated rings. The Hall–Kier alpha value is -2.49. The van der Waals surface area contributed by atoms with Gasteiger partial charge in [0.25, 0.3) is 5.91 Å². The summed E-state index contributed by atoms with van der Waals surface area (Å²) in [4.78, 5) is 17.3. The molecule has 0 radical (unpaired) electrons. The zero-order chi connectivity index (χ0) is 16.6. The third kappa shape index (κ3) is 1.66. The molecule has 0 amide bonds. The summed E-state index contributed by atoms with van der Waals surface area (Å²) in [5.74, 6) is 1.21. The molecule has 2 aromatic heterocycles. The fourth-order valence-electron chi connectivity index (χ4n) is 4.59. The monoisotopic (exact) mass is 317 g/mol. The van der Waals surface area contributed by atoms with E-state index in [1.54, 1.807) is 10.9 Å². The lowest BCUT2D eigenvalue weighted by Crippen LogP contribution is -2.17. The van der Waals surface area contributed by atoms with E-state index >= 15 is 0 Å². The van der Waals surface area contributed by atoms with Crippen molar-refractivity contribution in [3.8, 4) is 0 Å². The largest absolute Gasteiger partial charge is 0.278 e. The van der Waals surface area contributed by atoms with Gasteiger partial charge in [0, 0.05) is 22.7 Å². The molecule has 1 aromatic carbocycles. The quantitative estimate of drug-likeness (QED) is 0.687. The normalized spacial score (nSPS) is 23.1. The first-order valence-electron chi connectivity index (χ1n) is 8.46. The van der Waals surface area contributed by atoms with Crippen LogP contribution >= 0.6 is 0 Å². The van der Waals surface area contributed by atoms with E-state index in [2.05, 4.69) is 23.9 Å². The molecule has 4 heteroatoms. The number of carbonyl (C=O) groups is 1. The highest BCUT2D eigenvalue weighted by atomic mass is 16.2. The number of carbonyl (C=O) groups excluding carboxylic acids is 1. The van der Waals surface area contributed by atoms with E-state index in [1.165, 1.54) is 5.56 Å². The summed E-state index contributed by atoms with van der Waals surface area (Å²) in [5, 5.41) is 5.56. The predicted molar refractivity (Wildman–Crippen MR) is 92.2 cm³/mol. The second-order valence-corrected chi connectivity index (χ2v) is 7.68. The van der Waals surface area contributed by atoms with Crippen molar-refractivity contribution in [3.05, 3.63) is 59.0 Å². The van der Waals surface area contributed by atoms with Crippen LogP contribution in [0.5, 0.6) is 0 Å². The van der Waals surface area contributed by atoms with Crippen LogP contribution in [0.25, 0.3) is 10.9 Å². The number of benzene rings is 1. The van der Waals surface area contributed by atoms with Gasteiger partial charge in [0.05, 0.1) is 16.9 Å². The molecule has 0 spiro atoms. The van der Waals surface area contributed by atoms with Crippen LogP contribution in [0.4, 0.5) is 0 Å². The second kappa shape index (κ2) is 4.32. The van der Waals surface area contributed by atoms with E-state index < -0.39 is 0 Å². The van der Waals surface area contributed by atoms with Gasteiger partial charge in [-0.1, -0.05) is 19.9 Å². The molecule has 2 atom stereocenters. The molecule has 0 aliphatic heterocycles. The first kappa shape index (κ1) is 13.9. The van der Waals surface area contributed by atoms with Gasteiger partial charge in [-0.3, -0.25) is 9.78 Å². The molecule has 5 rings (SSSR count). The standard InChI is InChI=1S/C20H19N3O/c1-11-17-16(10-14-18(17)20(14,2)3)23(22-11)19(24)13-6-7-15-12(9-13)5-4-8-21-15/h4-9,14,18H,10H2,1-3H3/t14-,18+/m0/s1. The number of aromatic nitrogens is 3. The minimum absolute atomic E-state index is 0.0378. The number of hydrogen-bond donors (Lipinski definition) is 0. The zero-order valence-electron chi connectivity index (χ0n) is 14.1. The molecule has 120 valence electrons. The van der Waals surface area contributed by atoms with Crippen LogP contribution in [-0.4, -0.2) is 20.7 Å². The molecule has 0 bridgehead atoms. The number of hydrogen-bond acceptors (Lipinski definition) is 3. The number of pyridine rings is 1. The van der Waals surface area contributed by atoms with Crippen LogP contribution < -0.4 is 0 Å². The van der Waals surface area contributed by atoms with Crippen LogP contribution in [0, 0.1) is 18.3 Å². The third-order valence-electron chi connectivity index (χ3n) is 6.02. The molecule has 4 nitrogen and oxygen atoms in total. The fourth-order valence-corrected chi connectivity index (χ4v) is 4.59. The average molecular weight is 317 g/mol. The number of aryl methyl sites for hydroxylation is 1. The van der Waals surface area contributed by atoms with Crippen molar-refractivity contribution in [2.75, 3.05) is 0 Å². The van der Waals surface area contributed by atoms with Crippen molar-refractivity contribution < 1.29 is 4.79 Å². The molecule has 0 unspecified atom stereocenters. The SMILES string of the molecule is Cc1nn(C(=O)c2ccc3ncccc3c2)c2c1[C@H]1[C@H](C2)C1(C)C. The summed E-state index contributed by atoms with van der Waals surface area (Å²) in [7, 11) is 0. The van der Waals surface area contributed by atoms with Crippen LogP contribution in [0.2, 0.25) is 0 Å². The van der Waals surface area contributed by atoms with Crippen molar-refractivity contribution in [2.45, 2.75) is 33.1 Å². The summed E-state index contributed by atoms with van der Waals surface area (Å²) in [6, 6.07) is 9.53. The molecule has 2 aliphatic carbocycles. The summed E-state index contributed by atoms with van der Waals surface area (Å²) in [6.45, 7) is 6.67. The van der Waals surface area contributed by atoms with E-state index in [4.69, 9.17) is 0 Å². The van der Waals surface area contributed by atoms with Crippen molar-refractivity contribution in [1.82, 2.24) is 14.8 Å². The highest BCUT2D eigenvalue weighted by molar-refractivity contribution is 5.99. The Balaban J connectivity index is 1.59. The Morgan fingerprint density at radius 3 is 2.96 bits per heavy atom. The molecule has 3 aromatic rings. The zero-order valence-corrected chi connectivity index (χ0v) is 14.1. The van der Waals surface area contributed by atoms with E-state index in [1.807, 2.05) is 37.3 Å². The number of nitrogens with zero attached hydrogens (tertiary/aromatic N) is 3. The molecule has 2 aliphatic rings. The van der Waals surface area contributed by atoms with Crippen LogP contribution in [-0.2, 0) is 6.42 Å². The van der Waals surface area contributed by atoms with E-state index in [0.29, 0.717) is 22.8 Å². The predicted octanol–water partition coefficient (Wildman–Crippen LogP) is 3.72. The number of fused-ring (bicyclic) bond motifs is 4. The maximum Gasteiger partial charge on any atom is 0.278 e. The Morgan fingerprint density at radius 2 is 2.12 bits per heavy atom. The van der Waals surface area contributed by atoms with Gasteiger partial charge in [-0.15, -0.1) is 0 Å². The van der Waals surface area contributed by atoms with Gasteiger partial charge in [-0.05, 0) is 54.9 Å². The Morgan fingerprint density at radius 1 is 1.29 bits per heavy atom. The first-order chi connectivity index (χ1) is 11.5. The van der Waals surface area contributed by atoms with Crippen LogP contribution in [0.1, 0.15) is 47.1 Å². The lowest BCUT2D eigenvalue weighted by atomic mass is 9.98. The highest BCUT2D eigenvalue weighted by Gasteiger charge is 2.64. The molecule has 1 saturated carbocycles. The van der Waals surface area contributed by atoms with Crippen LogP contribution in [0.3, 0.4) is 0 Å². The average Bonchev–Trinajstić information content (AvgIpc) is 2.93. The van der Waals surface area contributed by atoms with Gasteiger partial charge in [-0.2, -0.15) is 5.10 Å². The van der Waals surface area contributed by atoms with Gasteiger partial charge in [0.15, 0.2) is 0 Å². The van der Waals surface area contributed by atoms with Gasteiger partial charge >= 0.3 is 0 Å². The van der Waals surface area contributed by atoms with Crippen molar-refractivity contribution in [1.29, 1.82) is 0 Å². The minimum Gasteiger partial charge on any atom is -0.267 e. The summed E-state index contributed by atoms with van der Waals surface area (Å²) < 4.78 is 1.64. The molecule has 0 saturated heterocycles. The summed E-state index contributed by atoms with van der Waals surface area (Å²) >= 11 is 0. The van der Waals surface area contributed by atoms with E-state index in [-0.39, 0.29) is 5.91 Å². The first-order valence-corrected chi connectivity index (χ1v) is 8.46. The topological polar surface area (TPSA) is 47.8 Å². The maximum atomic E-state index is 13.0. The lowest BCUT2D eigenvalue weighted by molar-refractivity contribution is 0.0941. The Labute approximate surface area is 140 Å². The lowest BCUT2D eigenvalue weighted by Gasteiger charge is -2.10. The molecule has 24 heavy (non-hydrogen) atoms. The highest BCUT2D eigenvalue weighted by Crippen LogP contribution is 2.70.